The zero-order valence-corrected chi connectivity index (χ0v) is 45.3. The van der Waals surface area contributed by atoms with Crippen LogP contribution in [0.15, 0.2) is 146 Å². The standard InChI is InChI=1S/C60H96NO8P/c1-6-8-10-12-14-16-18-20-21-22-23-24-25-26-27-28-29-30-31-32-33-34-35-36-37-38-39-41-43-45-47-49-51-53-60(63)69-58(57-68-70(64,65)67-55-54-61(3,4)5)56-66-59(62)52-50-48-46-44-42-40-19-17-15-13-11-9-7-2/h8,10-11,13-14,16-17,19-21,23-24,26-27,29-30,32-33,35-36,38-39,43,45,58H,6-7,9,12,15,18,22,25,28,31,34,37,40-42,44,46-57H2,1-5H3/p+1/b10-8-,13-11-,16-14-,19-17-,21-20-,24-23-,27-26-,30-29-,33-32-,36-35-,39-38-,45-43-. The Balaban J connectivity index is 4.33. The summed E-state index contributed by atoms with van der Waals surface area (Å²) in [6.45, 7) is 4.14. The van der Waals surface area contributed by atoms with Crippen LogP contribution in [0.5, 0.6) is 0 Å². The normalized spacial score (nSPS) is 14.5. The molecule has 1 N–H and O–H groups in total. The number of carbonyl (C=O) groups excluding carboxylic acids is 2. The van der Waals surface area contributed by atoms with Gasteiger partial charge in [0.15, 0.2) is 6.10 Å². The van der Waals surface area contributed by atoms with Crippen LogP contribution in [-0.2, 0) is 32.7 Å². The second-order valence-corrected chi connectivity index (χ2v) is 19.6. The average molecular weight is 991 g/mol. The molecular weight excluding hydrogens is 894 g/mol. The molecule has 0 spiro atoms. The zero-order valence-electron chi connectivity index (χ0n) is 44.4. The summed E-state index contributed by atoms with van der Waals surface area (Å²) < 4.78 is 34.3. The van der Waals surface area contributed by atoms with Gasteiger partial charge in [-0.3, -0.25) is 18.6 Å². The van der Waals surface area contributed by atoms with Crippen molar-refractivity contribution in [2.24, 2.45) is 0 Å². The summed E-state index contributed by atoms with van der Waals surface area (Å²) in [6, 6.07) is 0. The van der Waals surface area contributed by atoms with Crippen LogP contribution in [0.4, 0.5) is 0 Å². The molecule has 0 aliphatic carbocycles. The molecular formula is C60H97NO8P+. The van der Waals surface area contributed by atoms with Crippen molar-refractivity contribution in [3.8, 4) is 0 Å². The van der Waals surface area contributed by atoms with E-state index >= 15 is 0 Å². The molecule has 10 heteroatoms. The molecule has 70 heavy (non-hydrogen) atoms. The first-order valence-electron chi connectivity index (χ1n) is 26.6. The maximum Gasteiger partial charge on any atom is 0.472 e. The third-order valence-electron chi connectivity index (χ3n) is 10.3. The molecule has 394 valence electrons. The minimum absolute atomic E-state index is 0.0119. The fourth-order valence-corrected chi connectivity index (χ4v) is 7.00. The molecule has 0 aromatic rings. The van der Waals surface area contributed by atoms with E-state index < -0.39 is 32.5 Å². The monoisotopic (exact) mass is 991 g/mol. The Morgan fingerprint density at radius 2 is 0.814 bits per heavy atom. The van der Waals surface area contributed by atoms with Crippen LogP contribution in [0.3, 0.4) is 0 Å². The van der Waals surface area contributed by atoms with Gasteiger partial charge in [0.25, 0.3) is 0 Å². The molecule has 2 atom stereocenters. The molecule has 0 heterocycles. The number of carbonyl (C=O) groups is 2. The van der Waals surface area contributed by atoms with Crippen molar-refractivity contribution < 1.29 is 42.1 Å². The van der Waals surface area contributed by atoms with Crippen LogP contribution in [0.2, 0.25) is 0 Å². The number of phosphoric acid groups is 1. The molecule has 0 aromatic carbocycles. The number of phosphoric ester groups is 1. The predicted octanol–water partition coefficient (Wildman–Crippen LogP) is 16.4. The predicted molar refractivity (Wildman–Crippen MR) is 297 cm³/mol. The number of unbranched alkanes of at least 4 members (excludes halogenated alkanes) is 8. The van der Waals surface area contributed by atoms with Crippen LogP contribution < -0.4 is 0 Å². The molecule has 0 bridgehead atoms. The molecule has 0 aliphatic rings. The van der Waals surface area contributed by atoms with Crippen LogP contribution in [0.25, 0.3) is 0 Å². The van der Waals surface area contributed by atoms with Gasteiger partial charge in [-0.25, -0.2) is 4.57 Å². The fraction of sp³-hybridized carbons (Fsp3) is 0.567. The van der Waals surface area contributed by atoms with E-state index in [4.69, 9.17) is 18.5 Å². The van der Waals surface area contributed by atoms with E-state index in [1.807, 2.05) is 21.1 Å². The second kappa shape index (κ2) is 49.9. The molecule has 0 radical (unpaired) electrons. The highest BCUT2D eigenvalue weighted by atomic mass is 31.2. The van der Waals surface area contributed by atoms with E-state index in [0.29, 0.717) is 23.9 Å². The zero-order chi connectivity index (χ0) is 51.3. The SMILES string of the molecule is CC/C=C\C/C=C\C/C=C\C/C=C\C/C=C\C/C=C\C/C=C\C/C=C\C/C=C\C/C=C\CCCCC(=O)OC(COC(=O)CCCCCCC/C=C\C/C=C\CCC)COP(=O)(O)OCC[N+](C)(C)C. The minimum Gasteiger partial charge on any atom is -0.462 e. The Morgan fingerprint density at radius 3 is 1.24 bits per heavy atom. The largest absolute Gasteiger partial charge is 0.472 e. The molecule has 9 nitrogen and oxygen atoms in total. The first-order valence-corrected chi connectivity index (χ1v) is 28.1. The van der Waals surface area contributed by atoms with Crippen molar-refractivity contribution in [1.29, 1.82) is 0 Å². The Labute approximate surface area is 427 Å². The highest BCUT2D eigenvalue weighted by Crippen LogP contribution is 2.43. The summed E-state index contributed by atoms with van der Waals surface area (Å²) in [5.41, 5.74) is 0. The van der Waals surface area contributed by atoms with Gasteiger partial charge in [-0.1, -0.05) is 185 Å². The van der Waals surface area contributed by atoms with Crippen LogP contribution in [0, 0.1) is 0 Å². The number of hydrogen-bond acceptors (Lipinski definition) is 7. The van der Waals surface area contributed by atoms with Gasteiger partial charge in [-0.2, -0.15) is 0 Å². The molecule has 2 unspecified atom stereocenters. The number of ether oxygens (including phenoxy) is 2. The maximum atomic E-state index is 12.7. The number of esters is 2. The number of nitrogens with zero attached hydrogens (tertiary/aromatic N) is 1. The van der Waals surface area contributed by atoms with Crippen molar-refractivity contribution in [3.05, 3.63) is 146 Å². The highest BCUT2D eigenvalue weighted by molar-refractivity contribution is 7.47. The summed E-state index contributed by atoms with van der Waals surface area (Å²) in [5, 5.41) is 0. The van der Waals surface area contributed by atoms with Crippen molar-refractivity contribution in [3.63, 3.8) is 0 Å². The second-order valence-electron chi connectivity index (χ2n) is 18.2. The lowest BCUT2D eigenvalue weighted by molar-refractivity contribution is -0.870. The van der Waals surface area contributed by atoms with Gasteiger partial charge in [-0.15, -0.1) is 0 Å². The Kier molecular flexibility index (Phi) is 46.9. The molecule has 0 saturated carbocycles. The summed E-state index contributed by atoms with van der Waals surface area (Å²) in [4.78, 5) is 35.5. The van der Waals surface area contributed by atoms with E-state index in [9.17, 15) is 19.0 Å². The fourth-order valence-electron chi connectivity index (χ4n) is 6.25. The number of quaternary nitrogens is 1. The van der Waals surface area contributed by atoms with E-state index in [-0.39, 0.29) is 26.1 Å². The Morgan fingerprint density at radius 1 is 0.457 bits per heavy atom. The van der Waals surface area contributed by atoms with Gasteiger partial charge in [0.05, 0.1) is 27.7 Å². The number of hydrogen-bond donors (Lipinski definition) is 1. The van der Waals surface area contributed by atoms with E-state index in [0.717, 1.165) is 122 Å². The Bertz CT molecular complexity index is 1690. The number of rotatable bonds is 46. The topological polar surface area (TPSA) is 108 Å². The summed E-state index contributed by atoms with van der Waals surface area (Å²) >= 11 is 0. The van der Waals surface area contributed by atoms with Crippen LogP contribution in [-0.4, -0.2) is 74.9 Å². The third-order valence-corrected chi connectivity index (χ3v) is 11.3. The van der Waals surface area contributed by atoms with Crippen molar-refractivity contribution in [2.75, 3.05) is 47.5 Å². The van der Waals surface area contributed by atoms with E-state index in [2.05, 4.69) is 160 Å². The average Bonchev–Trinajstić information content (AvgIpc) is 3.32. The summed E-state index contributed by atoms with van der Waals surface area (Å²) in [5.74, 6) is -0.882. The Hall–Kier alpha value is -4.11. The molecule has 0 rings (SSSR count). The third kappa shape index (κ3) is 53.2. The van der Waals surface area contributed by atoms with E-state index in [1.165, 1.54) is 6.42 Å². The number of allylic oxidation sites excluding steroid dienone is 24. The van der Waals surface area contributed by atoms with Gasteiger partial charge in [0.2, 0.25) is 0 Å². The maximum absolute atomic E-state index is 12.7. The lowest BCUT2D eigenvalue weighted by Crippen LogP contribution is -2.37. The molecule has 0 amide bonds. The minimum atomic E-state index is -4.41. The number of likely N-dealkylation sites (N-methyl/N-ethyl adjacent to an activating group) is 1. The van der Waals surface area contributed by atoms with Gasteiger partial charge >= 0.3 is 19.8 Å². The van der Waals surface area contributed by atoms with Crippen LogP contribution in [0.1, 0.15) is 168 Å². The van der Waals surface area contributed by atoms with Crippen molar-refractivity contribution >= 4 is 19.8 Å². The molecule has 0 aromatic heterocycles. The van der Waals surface area contributed by atoms with E-state index in [1.54, 1.807) is 0 Å². The van der Waals surface area contributed by atoms with Gasteiger partial charge in [0, 0.05) is 12.8 Å². The van der Waals surface area contributed by atoms with Crippen molar-refractivity contribution in [1.82, 2.24) is 0 Å². The molecule has 0 fully saturated rings. The smallest absolute Gasteiger partial charge is 0.462 e. The van der Waals surface area contributed by atoms with Crippen LogP contribution >= 0.6 is 7.82 Å². The molecule has 0 aliphatic heterocycles. The summed E-state index contributed by atoms with van der Waals surface area (Å²) in [6.07, 6.45) is 73.5. The first kappa shape index (κ1) is 65.9. The van der Waals surface area contributed by atoms with Crippen molar-refractivity contribution in [2.45, 2.75) is 174 Å². The highest BCUT2D eigenvalue weighted by Gasteiger charge is 2.27. The lowest BCUT2D eigenvalue weighted by atomic mass is 10.1. The summed E-state index contributed by atoms with van der Waals surface area (Å²) in [7, 11) is 1.41. The van der Waals surface area contributed by atoms with Gasteiger partial charge < -0.3 is 18.9 Å². The first-order chi connectivity index (χ1) is 34.0. The van der Waals surface area contributed by atoms with Gasteiger partial charge in [0.1, 0.15) is 19.8 Å². The molecule has 0 saturated heterocycles. The lowest BCUT2D eigenvalue weighted by Gasteiger charge is -2.24. The van der Waals surface area contributed by atoms with Gasteiger partial charge in [-0.05, 0) is 116 Å². The quantitative estimate of drug-likeness (QED) is 0.0211.